The predicted molar refractivity (Wildman–Crippen MR) is 73.8 cm³/mol. The van der Waals surface area contributed by atoms with Crippen molar-refractivity contribution >= 4 is 22.0 Å². The second kappa shape index (κ2) is 5.49. The third kappa shape index (κ3) is 2.51. The smallest absolute Gasteiger partial charge is 0.321 e. The fourth-order valence-corrected chi connectivity index (χ4v) is 2.63. The normalized spacial score (nSPS) is 18.6. The SMILES string of the molecule is COc1ccc(Br)cc1C1CN(CC#N)C(=O)N1C. The molecule has 0 bridgehead atoms. The van der Waals surface area contributed by atoms with Gasteiger partial charge < -0.3 is 14.5 Å². The minimum atomic E-state index is -0.131. The molecule has 1 aromatic rings. The molecule has 2 rings (SSSR count). The molecule has 0 spiro atoms. The van der Waals surface area contributed by atoms with E-state index in [2.05, 4.69) is 15.9 Å². The van der Waals surface area contributed by atoms with E-state index in [0.29, 0.717) is 6.54 Å². The molecule has 1 atom stereocenters. The Morgan fingerprint density at radius 1 is 1.58 bits per heavy atom. The summed E-state index contributed by atoms with van der Waals surface area (Å²) >= 11 is 3.43. The maximum atomic E-state index is 12.0. The molecule has 1 heterocycles. The number of likely N-dealkylation sites (N-methyl/N-ethyl adjacent to an activating group) is 1. The minimum absolute atomic E-state index is 0.103. The molecule has 0 aromatic heterocycles. The first-order chi connectivity index (χ1) is 9.08. The van der Waals surface area contributed by atoms with E-state index in [1.165, 1.54) is 4.90 Å². The van der Waals surface area contributed by atoms with Crippen LogP contribution >= 0.6 is 15.9 Å². The van der Waals surface area contributed by atoms with Crippen LogP contribution in [0.4, 0.5) is 4.79 Å². The van der Waals surface area contributed by atoms with Crippen molar-refractivity contribution in [3.05, 3.63) is 28.2 Å². The van der Waals surface area contributed by atoms with Gasteiger partial charge in [0.15, 0.2) is 0 Å². The molecule has 6 heteroatoms. The Balaban J connectivity index is 2.35. The lowest BCUT2D eigenvalue weighted by atomic mass is 10.1. The average molecular weight is 324 g/mol. The fraction of sp³-hybridized carbons (Fsp3) is 0.385. The average Bonchev–Trinajstić information content (AvgIpc) is 2.67. The van der Waals surface area contributed by atoms with Gasteiger partial charge in [0.05, 0.1) is 19.2 Å². The molecule has 2 amide bonds. The molecule has 1 aromatic carbocycles. The molecule has 100 valence electrons. The summed E-state index contributed by atoms with van der Waals surface area (Å²) in [4.78, 5) is 15.2. The first-order valence-corrected chi connectivity index (χ1v) is 6.60. The van der Waals surface area contributed by atoms with Crippen LogP contribution in [0.25, 0.3) is 0 Å². The number of halogens is 1. The molecule has 0 saturated carbocycles. The van der Waals surface area contributed by atoms with Crippen LogP contribution in [-0.2, 0) is 0 Å². The second-order valence-electron chi connectivity index (χ2n) is 4.33. The van der Waals surface area contributed by atoms with Crippen LogP contribution in [0.2, 0.25) is 0 Å². The highest BCUT2D eigenvalue weighted by Gasteiger charge is 2.36. The summed E-state index contributed by atoms with van der Waals surface area (Å²) in [6, 6.07) is 7.48. The number of hydrogen-bond acceptors (Lipinski definition) is 3. The Labute approximate surface area is 120 Å². The van der Waals surface area contributed by atoms with Crippen molar-refractivity contribution in [2.45, 2.75) is 6.04 Å². The number of rotatable bonds is 3. The Kier molecular flexibility index (Phi) is 3.96. The lowest BCUT2D eigenvalue weighted by molar-refractivity contribution is 0.198. The lowest BCUT2D eigenvalue weighted by Gasteiger charge is -2.20. The molecule has 1 aliphatic rings. The third-order valence-electron chi connectivity index (χ3n) is 3.25. The maximum Gasteiger partial charge on any atom is 0.321 e. The van der Waals surface area contributed by atoms with Gasteiger partial charge in [-0.2, -0.15) is 5.26 Å². The lowest BCUT2D eigenvalue weighted by Crippen LogP contribution is -2.29. The summed E-state index contributed by atoms with van der Waals surface area (Å²) in [6.07, 6.45) is 0. The number of nitrogens with zero attached hydrogens (tertiary/aromatic N) is 3. The van der Waals surface area contributed by atoms with Crippen molar-refractivity contribution in [1.29, 1.82) is 5.26 Å². The van der Waals surface area contributed by atoms with Crippen LogP contribution in [0, 0.1) is 11.3 Å². The molecule has 1 saturated heterocycles. The van der Waals surface area contributed by atoms with Gasteiger partial charge in [0, 0.05) is 23.6 Å². The number of methoxy groups -OCH3 is 1. The van der Waals surface area contributed by atoms with Gasteiger partial charge in [0.1, 0.15) is 12.3 Å². The number of hydrogen-bond donors (Lipinski definition) is 0. The summed E-state index contributed by atoms with van der Waals surface area (Å²) in [5, 5.41) is 8.74. The van der Waals surface area contributed by atoms with Gasteiger partial charge in [0.25, 0.3) is 0 Å². The first-order valence-electron chi connectivity index (χ1n) is 5.80. The zero-order chi connectivity index (χ0) is 14.0. The molecule has 0 aliphatic carbocycles. The van der Waals surface area contributed by atoms with Gasteiger partial charge in [-0.25, -0.2) is 4.79 Å². The van der Waals surface area contributed by atoms with Crippen molar-refractivity contribution in [3.63, 3.8) is 0 Å². The quantitative estimate of drug-likeness (QED) is 0.802. The minimum Gasteiger partial charge on any atom is -0.496 e. The largest absolute Gasteiger partial charge is 0.496 e. The highest BCUT2D eigenvalue weighted by Crippen LogP contribution is 2.35. The van der Waals surface area contributed by atoms with Crippen LogP contribution in [-0.4, -0.2) is 43.1 Å². The third-order valence-corrected chi connectivity index (χ3v) is 3.74. The molecule has 0 N–H and O–H groups in total. The number of ether oxygens (including phenoxy) is 1. The van der Waals surface area contributed by atoms with Crippen LogP contribution < -0.4 is 4.74 Å². The number of carbonyl (C=O) groups excluding carboxylic acids is 1. The van der Waals surface area contributed by atoms with Crippen molar-refractivity contribution in [3.8, 4) is 11.8 Å². The maximum absolute atomic E-state index is 12.0. The number of urea groups is 1. The standard InChI is InChI=1S/C13H14BrN3O2/c1-16-11(8-17(6-5-15)13(16)18)10-7-9(14)3-4-12(10)19-2/h3-4,7,11H,6,8H2,1-2H3. The van der Waals surface area contributed by atoms with Crippen LogP contribution in [0.3, 0.4) is 0 Å². The topological polar surface area (TPSA) is 56.6 Å². The molecular weight excluding hydrogens is 310 g/mol. The van der Waals surface area contributed by atoms with E-state index in [1.54, 1.807) is 19.1 Å². The van der Waals surface area contributed by atoms with E-state index in [-0.39, 0.29) is 18.6 Å². The van der Waals surface area contributed by atoms with Crippen molar-refractivity contribution in [2.75, 3.05) is 27.2 Å². The first kappa shape index (κ1) is 13.7. The molecule has 0 radical (unpaired) electrons. The molecule has 5 nitrogen and oxygen atoms in total. The number of carbonyl (C=O) groups is 1. The predicted octanol–water partition coefficient (Wildman–Crippen LogP) is 2.39. The van der Waals surface area contributed by atoms with Gasteiger partial charge in [-0.3, -0.25) is 0 Å². The van der Waals surface area contributed by atoms with Gasteiger partial charge >= 0.3 is 6.03 Å². The number of nitriles is 1. The molecule has 1 aliphatic heterocycles. The van der Waals surface area contributed by atoms with Crippen molar-refractivity contribution in [1.82, 2.24) is 9.80 Å². The van der Waals surface area contributed by atoms with Gasteiger partial charge in [0.2, 0.25) is 0 Å². The van der Waals surface area contributed by atoms with Crippen LogP contribution in [0.1, 0.15) is 11.6 Å². The Morgan fingerprint density at radius 2 is 2.32 bits per heavy atom. The fourth-order valence-electron chi connectivity index (χ4n) is 2.26. The van der Waals surface area contributed by atoms with E-state index in [9.17, 15) is 4.79 Å². The van der Waals surface area contributed by atoms with Crippen LogP contribution in [0.15, 0.2) is 22.7 Å². The second-order valence-corrected chi connectivity index (χ2v) is 5.25. The van der Waals surface area contributed by atoms with E-state index >= 15 is 0 Å². The summed E-state index contributed by atoms with van der Waals surface area (Å²) in [7, 11) is 3.35. The van der Waals surface area contributed by atoms with E-state index in [4.69, 9.17) is 10.00 Å². The van der Waals surface area contributed by atoms with E-state index in [1.807, 2.05) is 24.3 Å². The molecule has 1 fully saturated rings. The highest BCUT2D eigenvalue weighted by molar-refractivity contribution is 9.10. The van der Waals surface area contributed by atoms with Gasteiger partial charge in [-0.1, -0.05) is 15.9 Å². The Hall–Kier alpha value is -1.74. The molecule has 1 unspecified atom stereocenters. The van der Waals surface area contributed by atoms with Gasteiger partial charge in [-0.05, 0) is 18.2 Å². The summed E-state index contributed by atoms with van der Waals surface area (Å²) in [6.45, 7) is 0.603. The van der Waals surface area contributed by atoms with Crippen molar-refractivity contribution < 1.29 is 9.53 Å². The van der Waals surface area contributed by atoms with E-state index < -0.39 is 0 Å². The van der Waals surface area contributed by atoms with E-state index in [0.717, 1.165) is 15.8 Å². The Morgan fingerprint density at radius 3 is 2.95 bits per heavy atom. The Bertz CT molecular complexity index is 541. The van der Waals surface area contributed by atoms with Crippen LogP contribution in [0.5, 0.6) is 5.75 Å². The highest BCUT2D eigenvalue weighted by atomic mass is 79.9. The zero-order valence-electron chi connectivity index (χ0n) is 10.8. The monoisotopic (exact) mass is 323 g/mol. The van der Waals surface area contributed by atoms with Crippen molar-refractivity contribution in [2.24, 2.45) is 0 Å². The summed E-state index contributed by atoms with van der Waals surface area (Å²) in [5.74, 6) is 0.742. The van der Waals surface area contributed by atoms with Gasteiger partial charge in [-0.15, -0.1) is 0 Å². The summed E-state index contributed by atoms with van der Waals surface area (Å²) < 4.78 is 6.28. The summed E-state index contributed by atoms with van der Waals surface area (Å²) in [5.41, 5.74) is 0.938. The molecular formula is C13H14BrN3O2. The molecule has 19 heavy (non-hydrogen) atoms. The number of benzene rings is 1. The zero-order valence-corrected chi connectivity index (χ0v) is 12.3. The number of amides is 2.